The lowest BCUT2D eigenvalue weighted by molar-refractivity contribution is -0.384. The van der Waals surface area contributed by atoms with Gasteiger partial charge in [-0.3, -0.25) is 15.0 Å². The number of piperidine rings is 1. The normalized spacial score (nSPS) is 21.7. The summed E-state index contributed by atoms with van der Waals surface area (Å²) in [5.41, 5.74) is 0.306. The summed E-state index contributed by atoms with van der Waals surface area (Å²) in [5.74, 6) is 0. The minimum atomic E-state index is -0.511. The van der Waals surface area contributed by atoms with Gasteiger partial charge in [0.15, 0.2) is 0 Å². The third-order valence-electron chi connectivity index (χ3n) is 4.75. The van der Waals surface area contributed by atoms with Crippen molar-refractivity contribution in [1.82, 2.24) is 9.80 Å². The highest BCUT2D eigenvalue weighted by Gasteiger charge is 2.29. The lowest BCUT2D eigenvalue weighted by atomic mass is 10.0. The molecule has 1 aromatic rings. The number of halogens is 1. The molecule has 130 valence electrons. The Morgan fingerprint density at radius 1 is 1.25 bits per heavy atom. The van der Waals surface area contributed by atoms with E-state index >= 15 is 0 Å². The molecular formula is C16H21ClN4O3. The molecule has 2 aliphatic rings. The molecule has 0 unspecified atom stereocenters. The maximum atomic E-state index is 12.5. The molecule has 2 fully saturated rings. The Hall–Kier alpha value is -1.86. The van der Waals surface area contributed by atoms with E-state index in [1.165, 1.54) is 31.0 Å². The fraction of sp³-hybridized carbons (Fsp3) is 0.562. The van der Waals surface area contributed by atoms with Crippen molar-refractivity contribution >= 4 is 29.0 Å². The van der Waals surface area contributed by atoms with Gasteiger partial charge in [-0.05, 0) is 44.8 Å². The zero-order valence-corrected chi connectivity index (χ0v) is 14.2. The Morgan fingerprint density at radius 2 is 2.00 bits per heavy atom. The van der Waals surface area contributed by atoms with Crippen molar-refractivity contribution in [3.8, 4) is 0 Å². The number of nitrogens with one attached hydrogen (secondary N) is 1. The molecule has 8 heteroatoms. The summed E-state index contributed by atoms with van der Waals surface area (Å²) < 4.78 is 0. The second-order valence-corrected chi connectivity index (χ2v) is 6.74. The molecule has 1 aromatic carbocycles. The second-order valence-electron chi connectivity index (χ2n) is 6.34. The number of anilines is 1. The fourth-order valence-corrected chi connectivity index (χ4v) is 3.68. The number of nitro benzene ring substituents is 1. The smallest absolute Gasteiger partial charge is 0.321 e. The van der Waals surface area contributed by atoms with Crippen molar-refractivity contribution in [3.05, 3.63) is 33.3 Å². The molecule has 2 saturated heterocycles. The molecule has 0 bridgehead atoms. The fourth-order valence-electron chi connectivity index (χ4n) is 3.46. The van der Waals surface area contributed by atoms with Crippen LogP contribution in [0.2, 0.25) is 5.02 Å². The first kappa shape index (κ1) is 17.0. The molecule has 3 rings (SSSR count). The van der Waals surface area contributed by atoms with E-state index in [9.17, 15) is 14.9 Å². The Kier molecular flexibility index (Phi) is 5.20. The molecule has 1 atom stereocenters. The number of rotatable bonds is 3. The Morgan fingerprint density at radius 3 is 2.67 bits per heavy atom. The zero-order chi connectivity index (χ0) is 17.1. The SMILES string of the molecule is O=C(Nc1ccc([N+](=O)[O-])cc1Cl)N1CCC[C@@H](N2CCCC2)C1. The summed E-state index contributed by atoms with van der Waals surface area (Å²) in [6.07, 6.45) is 4.59. The average Bonchev–Trinajstić information content (AvgIpc) is 3.11. The first-order valence-corrected chi connectivity index (χ1v) is 8.66. The predicted molar refractivity (Wildman–Crippen MR) is 92.5 cm³/mol. The topological polar surface area (TPSA) is 78.7 Å². The van der Waals surface area contributed by atoms with Gasteiger partial charge < -0.3 is 10.2 Å². The number of benzene rings is 1. The van der Waals surface area contributed by atoms with Crippen LogP contribution in [0.4, 0.5) is 16.2 Å². The Labute approximate surface area is 145 Å². The largest absolute Gasteiger partial charge is 0.323 e. The number of non-ortho nitro benzene ring substituents is 1. The number of likely N-dealkylation sites (tertiary alicyclic amines) is 2. The van der Waals surface area contributed by atoms with E-state index in [4.69, 9.17) is 11.6 Å². The van der Waals surface area contributed by atoms with E-state index in [1.807, 2.05) is 4.90 Å². The Balaban J connectivity index is 1.62. The molecule has 1 N–H and O–H groups in total. The number of urea groups is 1. The lowest BCUT2D eigenvalue weighted by Gasteiger charge is -2.37. The summed E-state index contributed by atoms with van der Waals surface area (Å²) >= 11 is 6.04. The van der Waals surface area contributed by atoms with Crippen LogP contribution in [0.25, 0.3) is 0 Å². The molecule has 0 aromatic heterocycles. The monoisotopic (exact) mass is 352 g/mol. The van der Waals surface area contributed by atoms with Gasteiger partial charge in [0.05, 0.1) is 15.6 Å². The van der Waals surface area contributed by atoms with Crippen LogP contribution in [0.15, 0.2) is 18.2 Å². The van der Waals surface area contributed by atoms with Crippen LogP contribution in [0.5, 0.6) is 0 Å². The quantitative estimate of drug-likeness (QED) is 0.668. The molecule has 2 amide bonds. The highest BCUT2D eigenvalue weighted by Crippen LogP contribution is 2.27. The summed E-state index contributed by atoms with van der Waals surface area (Å²) in [5, 5.41) is 13.7. The van der Waals surface area contributed by atoms with Gasteiger partial charge >= 0.3 is 6.03 Å². The maximum Gasteiger partial charge on any atom is 0.321 e. The predicted octanol–water partition coefficient (Wildman–Crippen LogP) is 3.34. The summed E-state index contributed by atoms with van der Waals surface area (Å²) in [6.45, 7) is 3.68. The van der Waals surface area contributed by atoms with Gasteiger partial charge in [0.25, 0.3) is 5.69 Å². The molecule has 24 heavy (non-hydrogen) atoms. The van der Waals surface area contributed by atoms with Gasteiger partial charge in [-0.1, -0.05) is 11.6 Å². The van der Waals surface area contributed by atoms with Crippen LogP contribution in [0, 0.1) is 10.1 Å². The van der Waals surface area contributed by atoms with Crippen LogP contribution >= 0.6 is 11.6 Å². The van der Waals surface area contributed by atoms with Crippen LogP contribution in [0.3, 0.4) is 0 Å². The van der Waals surface area contributed by atoms with Crippen molar-refractivity contribution in [2.45, 2.75) is 31.7 Å². The number of amides is 2. The minimum absolute atomic E-state index is 0.0925. The highest BCUT2D eigenvalue weighted by atomic mass is 35.5. The summed E-state index contributed by atoms with van der Waals surface area (Å²) in [7, 11) is 0. The van der Waals surface area contributed by atoms with Gasteiger partial charge in [-0.2, -0.15) is 0 Å². The first-order valence-electron chi connectivity index (χ1n) is 8.28. The number of nitrogens with zero attached hydrogens (tertiary/aromatic N) is 3. The number of hydrogen-bond acceptors (Lipinski definition) is 4. The van der Waals surface area contributed by atoms with E-state index < -0.39 is 4.92 Å². The van der Waals surface area contributed by atoms with E-state index in [-0.39, 0.29) is 16.7 Å². The molecule has 2 heterocycles. The number of hydrogen-bond donors (Lipinski definition) is 1. The summed E-state index contributed by atoms with van der Waals surface area (Å²) in [4.78, 5) is 27.0. The van der Waals surface area contributed by atoms with Crippen molar-refractivity contribution in [3.63, 3.8) is 0 Å². The molecule has 0 saturated carbocycles. The molecule has 0 spiro atoms. The van der Waals surface area contributed by atoms with Crippen LogP contribution in [-0.4, -0.2) is 53.0 Å². The zero-order valence-electron chi connectivity index (χ0n) is 13.4. The molecule has 7 nitrogen and oxygen atoms in total. The lowest BCUT2D eigenvalue weighted by Crippen LogP contribution is -2.50. The molecular weight excluding hydrogens is 332 g/mol. The number of nitro groups is 1. The molecule has 0 radical (unpaired) electrons. The van der Waals surface area contributed by atoms with Gasteiger partial charge in [0.2, 0.25) is 0 Å². The van der Waals surface area contributed by atoms with E-state index in [2.05, 4.69) is 10.2 Å². The maximum absolute atomic E-state index is 12.5. The van der Waals surface area contributed by atoms with Crippen molar-refractivity contribution in [2.75, 3.05) is 31.5 Å². The molecule has 0 aliphatic carbocycles. The third kappa shape index (κ3) is 3.79. The van der Waals surface area contributed by atoms with Crippen LogP contribution in [0.1, 0.15) is 25.7 Å². The second kappa shape index (κ2) is 7.36. The van der Waals surface area contributed by atoms with Gasteiger partial charge in [-0.15, -0.1) is 0 Å². The van der Waals surface area contributed by atoms with Crippen molar-refractivity contribution in [1.29, 1.82) is 0 Å². The third-order valence-corrected chi connectivity index (χ3v) is 5.06. The summed E-state index contributed by atoms with van der Waals surface area (Å²) in [6, 6.07) is 4.29. The highest BCUT2D eigenvalue weighted by molar-refractivity contribution is 6.33. The molecule has 2 aliphatic heterocycles. The van der Waals surface area contributed by atoms with Gasteiger partial charge in [0.1, 0.15) is 0 Å². The van der Waals surface area contributed by atoms with Gasteiger partial charge in [0, 0.05) is 31.3 Å². The average molecular weight is 353 g/mol. The first-order chi connectivity index (χ1) is 11.5. The van der Waals surface area contributed by atoms with Crippen molar-refractivity contribution in [2.24, 2.45) is 0 Å². The standard InChI is InChI=1S/C16H21ClN4O3/c17-14-10-12(21(23)24)5-6-15(14)18-16(22)20-9-3-4-13(11-20)19-7-1-2-8-19/h5-6,10,13H,1-4,7-9,11H2,(H,18,22)/t13-/m1/s1. The van der Waals surface area contributed by atoms with Crippen LogP contribution < -0.4 is 5.32 Å². The number of carbonyl (C=O) groups is 1. The number of carbonyl (C=O) groups excluding carboxylic acids is 1. The van der Waals surface area contributed by atoms with E-state index in [1.54, 1.807) is 0 Å². The van der Waals surface area contributed by atoms with E-state index in [0.29, 0.717) is 11.7 Å². The van der Waals surface area contributed by atoms with E-state index in [0.717, 1.165) is 39.0 Å². The van der Waals surface area contributed by atoms with Gasteiger partial charge in [-0.25, -0.2) is 4.79 Å². The minimum Gasteiger partial charge on any atom is -0.323 e. The van der Waals surface area contributed by atoms with Crippen molar-refractivity contribution < 1.29 is 9.72 Å². The van der Waals surface area contributed by atoms with Crippen LogP contribution in [-0.2, 0) is 0 Å². The Bertz CT molecular complexity index is 634.